The van der Waals surface area contributed by atoms with E-state index in [1.807, 2.05) is 6.07 Å². The minimum absolute atomic E-state index is 0.0160. The average Bonchev–Trinajstić information content (AvgIpc) is 2.92. The molecule has 0 saturated heterocycles. The lowest BCUT2D eigenvalue weighted by molar-refractivity contribution is -0.155. The Hall–Kier alpha value is -2.50. The van der Waals surface area contributed by atoms with Crippen molar-refractivity contribution in [2.75, 3.05) is 6.61 Å². The number of ketones is 1. The zero-order valence-electron chi connectivity index (χ0n) is 23.7. The highest BCUT2D eigenvalue weighted by Crippen LogP contribution is 2.16. The lowest BCUT2D eigenvalue weighted by atomic mass is 10.0. The van der Waals surface area contributed by atoms with E-state index in [4.69, 9.17) is 14.9 Å². The highest BCUT2D eigenvalue weighted by molar-refractivity contribution is 5.97. The molecule has 1 rings (SSSR count). The molecule has 38 heavy (non-hydrogen) atoms. The van der Waals surface area contributed by atoms with Crippen molar-refractivity contribution in [1.29, 1.82) is 5.41 Å². The third-order valence-corrected chi connectivity index (χ3v) is 6.76. The second-order valence-electron chi connectivity index (χ2n) is 10.2. The van der Waals surface area contributed by atoms with Crippen LogP contribution in [0.2, 0.25) is 0 Å². The molecule has 1 N–H and O–H groups in total. The molecule has 6 nitrogen and oxygen atoms in total. The summed E-state index contributed by atoms with van der Waals surface area (Å²) in [6.07, 6.45) is 19.7. The summed E-state index contributed by atoms with van der Waals surface area (Å²) >= 11 is 0. The van der Waals surface area contributed by atoms with E-state index >= 15 is 0 Å². The lowest BCUT2D eigenvalue weighted by Gasteiger charge is -2.17. The van der Waals surface area contributed by atoms with Crippen LogP contribution in [-0.4, -0.2) is 36.6 Å². The number of carbonyl (C=O) groups excluding carboxylic acids is 3. The number of carbonyl (C=O) groups is 3. The summed E-state index contributed by atoms with van der Waals surface area (Å²) in [7, 11) is 0. The van der Waals surface area contributed by atoms with E-state index in [-0.39, 0.29) is 24.8 Å². The maximum Gasteiger partial charge on any atom is 0.310 e. The predicted octanol–water partition coefficient (Wildman–Crippen LogP) is 8.41. The Morgan fingerprint density at radius 1 is 0.763 bits per heavy atom. The van der Waals surface area contributed by atoms with E-state index < -0.39 is 12.1 Å². The van der Waals surface area contributed by atoms with Crippen molar-refractivity contribution < 1.29 is 23.9 Å². The van der Waals surface area contributed by atoms with Crippen molar-refractivity contribution in [1.82, 2.24) is 0 Å². The van der Waals surface area contributed by atoms with Crippen molar-refractivity contribution in [3.8, 4) is 0 Å². The van der Waals surface area contributed by atoms with Crippen LogP contribution < -0.4 is 0 Å². The van der Waals surface area contributed by atoms with Gasteiger partial charge < -0.3 is 14.9 Å². The quantitative estimate of drug-likeness (QED) is 0.0594. The summed E-state index contributed by atoms with van der Waals surface area (Å²) in [6.45, 7) is 1.90. The molecule has 0 aliphatic carbocycles. The molecule has 0 aromatic heterocycles. The van der Waals surface area contributed by atoms with Gasteiger partial charge in [-0.1, -0.05) is 114 Å². The van der Waals surface area contributed by atoms with Gasteiger partial charge in [0, 0.05) is 12.0 Å². The first-order valence-corrected chi connectivity index (χ1v) is 15.0. The van der Waals surface area contributed by atoms with E-state index in [2.05, 4.69) is 6.92 Å². The third-order valence-electron chi connectivity index (χ3n) is 6.76. The van der Waals surface area contributed by atoms with Crippen LogP contribution in [0.1, 0.15) is 139 Å². The van der Waals surface area contributed by atoms with E-state index in [0.29, 0.717) is 18.4 Å². The van der Waals surface area contributed by atoms with Gasteiger partial charge in [0.1, 0.15) is 6.10 Å². The molecule has 1 aromatic rings. The second kappa shape index (κ2) is 23.6. The molecule has 0 aliphatic rings. The van der Waals surface area contributed by atoms with Crippen LogP contribution in [0.15, 0.2) is 30.3 Å². The number of hydrogen-bond donors (Lipinski definition) is 1. The van der Waals surface area contributed by atoms with Crippen molar-refractivity contribution in [3.05, 3.63) is 35.9 Å². The molecule has 0 bridgehead atoms. The lowest BCUT2D eigenvalue weighted by Crippen LogP contribution is -2.24. The zero-order chi connectivity index (χ0) is 27.7. The number of nitrogens with one attached hydrogen (secondary N) is 1. The third kappa shape index (κ3) is 18.7. The number of ether oxygens (including phenoxy) is 2. The highest BCUT2D eigenvalue weighted by atomic mass is 16.6. The fourth-order valence-corrected chi connectivity index (χ4v) is 4.45. The first kappa shape index (κ1) is 33.5. The van der Waals surface area contributed by atoms with Crippen LogP contribution in [0.25, 0.3) is 0 Å². The van der Waals surface area contributed by atoms with Crippen LogP contribution in [0, 0.1) is 5.41 Å². The van der Waals surface area contributed by atoms with Gasteiger partial charge in [-0.05, 0) is 38.3 Å². The van der Waals surface area contributed by atoms with Crippen LogP contribution >= 0.6 is 0 Å². The summed E-state index contributed by atoms with van der Waals surface area (Å²) in [5, 5.41) is 7.06. The normalized spacial score (nSPS) is 11.6. The van der Waals surface area contributed by atoms with Crippen LogP contribution in [-0.2, 0) is 19.1 Å². The first-order chi connectivity index (χ1) is 18.6. The van der Waals surface area contributed by atoms with Crippen LogP contribution in [0.3, 0.4) is 0 Å². The Kier molecular flexibility index (Phi) is 20.8. The molecular weight excluding hydrogens is 478 g/mol. The Labute approximate surface area is 230 Å². The monoisotopic (exact) mass is 529 g/mol. The molecule has 0 fully saturated rings. The van der Waals surface area contributed by atoms with Crippen LogP contribution in [0.4, 0.5) is 0 Å². The van der Waals surface area contributed by atoms with E-state index in [1.54, 1.807) is 24.3 Å². The molecule has 0 unspecified atom stereocenters. The topological polar surface area (TPSA) is 93.5 Å². The molecule has 0 amide bonds. The molecule has 0 saturated carbocycles. The van der Waals surface area contributed by atoms with Gasteiger partial charge in [-0.15, -0.1) is 0 Å². The summed E-state index contributed by atoms with van der Waals surface area (Å²) in [6, 6.07) is 8.76. The smallest absolute Gasteiger partial charge is 0.310 e. The largest absolute Gasteiger partial charge is 0.462 e. The molecule has 1 aromatic carbocycles. The van der Waals surface area contributed by atoms with Crippen molar-refractivity contribution in [3.63, 3.8) is 0 Å². The van der Waals surface area contributed by atoms with Crippen LogP contribution in [0.5, 0.6) is 0 Å². The molecule has 0 heterocycles. The van der Waals surface area contributed by atoms with E-state index in [0.717, 1.165) is 51.4 Å². The number of rotatable bonds is 25. The molecule has 214 valence electrons. The summed E-state index contributed by atoms with van der Waals surface area (Å²) in [4.78, 5) is 37.2. The van der Waals surface area contributed by atoms with Gasteiger partial charge >= 0.3 is 11.9 Å². The maximum absolute atomic E-state index is 12.5. The summed E-state index contributed by atoms with van der Waals surface area (Å²) < 4.78 is 10.9. The Morgan fingerprint density at radius 2 is 1.34 bits per heavy atom. The molecule has 6 heteroatoms. The first-order valence-electron chi connectivity index (χ1n) is 15.0. The second-order valence-corrected chi connectivity index (χ2v) is 10.2. The summed E-state index contributed by atoms with van der Waals surface area (Å²) in [5.41, 5.74) is 0.507. The predicted molar refractivity (Wildman–Crippen MR) is 154 cm³/mol. The molecule has 1 atom stereocenters. The van der Waals surface area contributed by atoms with Crippen molar-refractivity contribution in [2.24, 2.45) is 0 Å². The molecule has 0 aliphatic heterocycles. The zero-order valence-corrected chi connectivity index (χ0v) is 23.7. The fourth-order valence-electron chi connectivity index (χ4n) is 4.45. The Morgan fingerprint density at radius 3 is 1.97 bits per heavy atom. The van der Waals surface area contributed by atoms with Gasteiger partial charge in [-0.2, -0.15) is 0 Å². The summed E-state index contributed by atoms with van der Waals surface area (Å²) in [5.74, 6) is -1.00. The van der Waals surface area contributed by atoms with Gasteiger partial charge in [0.2, 0.25) is 0 Å². The number of unbranched alkanes of at least 4 members (excludes halogenated alkanes) is 14. The number of esters is 2. The molecule has 0 radical (unpaired) electrons. The van der Waals surface area contributed by atoms with E-state index in [9.17, 15) is 14.4 Å². The maximum atomic E-state index is 12.5. The number of hydrogen-bond acceptors (Lipinski definition) is 6. The fraction of sp³-hybridized carbons (Fsp3) is 0.688. The van der Waals surface area contributed by atoms with Crippen molar-refractivity contribution >= 4 is 23.9 Å². The van der Waals surface area contributed by atoms with Gasteiger partial charge in [0.05, 0.1) is 6.42 Å². The van der Waals surface area contributed by atoms with Gasteiger partial charge in [-0.3, -0.25) is 14.4 Å². The Balaban J connectivity index is 2.38. The average molecular weight is 530 g/mol. The number of Topliss-reactive ketones (excluding diaryl/α,β-unsaturated/α-hetero) is 1. The molecule has 0 spiro atoms. The van der Waals surface area contributed by atoms with Gasteiger partial charge in [0.15, 0.2) is 12.4 Å². The van der Waals surface area contributed by atoms with E-state index in [1.165, 1.54) is 57.6 Å². The minimum Gasteiger partial charge on any atom is -0.462 e. The van der Waals surface area contributed by atoms with Crippen molar-refractivity contribution in [2.45, 2.75) is 135 Å². The Bertz CT molecular complexity index is 764. The minimum atomic E-state index is -0.507. The highest BCUT2D eigenvalue weighted by Gasteiger charge is 2.20. The van der Waals surface area contributed by atoms with Gasteiger partial charge in [0.25, 0.3) is 0 Å². The number of benzene rings is 1. The standard InChI is InChI=1S/C32H51NO5/c1-2-3-4-5-9-13-19-24-31(35)38-29(23-18-12-10-7-6-8-11-14-20-25-33)26-32(36)37-27-30(34)28-21-16-15-17-22-28/h15-17,21-22,25,29,33H,2-14,18-20,23-24,26-27H2,1H3/t29-/m1/s1. The van der Waals surface area contributed by atoms with Gasteiger partial charge in [-0.25, -0.2) is 0 Å². The SMILES string of the molecule is CCCCCCCCCC(=O)O[C@H](CCCCCCCCCCC=N)CC(=O)OCC(=O)c1ccccc1. The molecular formula is C32H51NO5.